The number of piperidine rings is 1. The SMILES string of the molecule is Cc1cc(C(=O)N2CCCCC2)ccc1C#CCN. The molecule has 2 N–H and O–H groups in total. The van der Waals surface area contributed by atoms with Crippen LogP contribution in [0.15, 0.2) is 18.2 Å². The Bertz CT molecular complexity index is 519. The lowest BCUT2D eigenvalue weighted by molar-refractivity contribution is 0.0724. The number of hydrogen-bond donors (Lipinski definition) is 1. The molecule has 3 heteroatoms. The molecule has 1 aliphatic heterocycles. The topological polar surface area (TPSA) is 46.3 Å². The van der Waals surface area contributed by atoms with Gasteiger partial charge in [0.25, 0.3) is 5.91 Å². The normalized spacial score (nSPS) is 14.7. The standard InChI is InChI=1S/C16H20N2O/c1-13-12-15(8-7-14(13)6-5-9-17)16(19)18-10-3-2-4-11-18/h7-8,12H,2-4,9-11,17H2,1H3. The number of likely N-dealkylation sites (tertiary alicyclic amines) is 1. The van der Waals surface area contributed by atoms with Crippen LogP contribution in [0.4, 0.5) is 0 Å². The van der Waals surface area contributed by atoms with Crippen molar-refractivity contribution in [3.05, 3.63) is 34.9 Å². The molecule has 19 heavy (non-hydrogen) atoms. The van der Waals surface area contributed by atoms with Crippen LogP contribution >= 0.6 is 0 Å². The van der Waals surface area contributed by atoms with E-state index in [9.17, 15) is 4.79 Å². The van der Waals surface area contributed by atoms with Crippen LogP contribution in [0.25, 0.3) is 0 Å². The maximum absolute atomic E-state index is 12.3. The molecule has 0 radical (unpaired) electrons. The van der Waals surface area contributed by atoms with E-state index in [0.717, 1.165) is 42.6 Å². The minimum Gasteiger partial charge on any atom is -0.339 e. The maximum Gasteiger partial charge on any atom is 0.253 e. The van der Waals surface area contributed by atoms with Gasteiger partial charge in [0.1, 0.15) is 0 Å². The number of hydrogen-bond acceptors (Lipinski definition) is 2. The molecule has 2 rings (SSSR count). The van der Waals surface area contributed by atoms with E-state index in [2.05, 4.69) is 11.8 Å². The third-order valence-corrected chi connectivity index (χ3v) is 3.44. The van der Waals surface area contributed by atoms with Gasteiger partial charge in [-0.25, -0.2) is 0 Å². The summed E-state index contributed by atoms with van der Waals surface area (Å²) in [5.74, 6) is 6.00. The van der Waals surface area contributed by atoms with Gasteiger partial charge in [-0.05, 0) is 49.9 Å². The molecule has 0 unspecified atom stereocenters. The van der Waals surface area contributed by atoms with Gasteiger partial charge in [0, 0.05) is 24.2 Å². The van der Waals surface area contributed by atoms with Gasteiger partial charge >= 0.3 is 0 Å². The monoisotopic (exact) mass is 256 g/mol. The largest absolute Gasteiger partial charge is 0.339 e. The molecule has 1 aliphatic rings. The fourth-order valence-electron chi connectivity index (χ4n) is 2.36. The van der Waals surface area contributed by atoms with E-state index < -0.39 is 0 Å². The van der Waals surface area contributed by atoms with Crippen LogP contribution in [0.5, 0.6) is 0 Å². The first-order valence-corrected chi connectivity index (χ1v) is 6.81. The first kappa shape index (κ1) is 13.6. The number of benzene rings is 1. The lowest BCUT2D eigenvalue weighted by atomic mass is 10.0. The number of nitrogens with zero attached hydrogens (tertiary/aromatic N) is 1. The maximum atomic E-state index is 12.3. The third kappa shape index (κ3) is 3.36. The third-order valence-electron chi connectivity index (χ3n) is 3.44. The summed E-state index contributed by atoms with van der Waals surface area (Å²) in [6.07, 6.45) is 3.46. The van der Waals surface area contributed by atoms with E-state index in [4.69, 9.17) is 5.73 Å². The van der Waals surface area contributed by atoms with Crippen LogP contribution in [0.1, 0.15) is 40.7 Å². The lowest BCUT2D eigenvalue weighted by Gasteiger charge is -2.26. The Kier molecular flexibility index (Phi) is 4.59. The van der Waals surface area contributed by atoms with Gasteiger partial charge in [0.2, 0.25) is 0 Å². The molecule has 100 valence electrons. The predicted octanol–water partition coefficient (Wildman–Crippen LogP) is 1.93. The highest BCUT2D eigenvalue weighted by Crippen LogP contribution is 2.16. The van der Waals surface area contributed by atoms with Crippen molar-refractivity contribution >= 4 is 5.91 Å². The Labute approximate surface area is 114 Å². The van der Waals surface area contributed by atoms with Crippen LogP contribution in [0, 0.1) is 18.8 Å². The van der Waals surface area contributed by atoms with Crippen LogP contribution < -0.4 is 5.73 Å². The van der Waals surface area contributed by atoms with Gasteiger partial charge in [0.15, 0.2) is 0 Å². The molecule has 0 bridgehead atoms. The summed E-state index contributed by atoms with van der Waals surface area (Å²) in [4.78, 5) is 14.3. The number of aryl methyl sites for hydroxylation is 1. The van der Waals surface area contributed by atoms with Crippen molar-refractivity contribution < 1.29 is 4.79 Å². The summed E-state index contributed by atoms with van der Waals surface area (Å²) < 4.78 is 0. The van der Waals surface area contributed by atoms with E-state index >= 15 is 0 Å². The van der Waals surface area contributed by atoms with Crippen molar-refractivity contribution in [1.29, 1.82) is 0 Å². The summed E-state index contributed by atoms with van der Waals surface area (Å²) in [5, 5.41) is 0. The fraction of sp³-hybridized carbons (Fsp3) is 0.438. The quantitative estimate of drug-likeness (QED) is 0.780. The smallest absolute Gasteiger partial charge is 0.253 e. The van der Waals surface area contributed by atoms with Gasteiger partial charge in [-0.3, -0.25) is 4.79 Å². The van der Waals surface area contributed by atoms with Crippen molar-refractivity contribution in [2.45, 2.75) is 26.2 Å². The zero-order chi connectivity index (χ0) is 13.7. The number of amides is 1. The molecule has 1 heterocycles. The Balaban J connectivity index is 2.16. The summed E-state index contributed by atoms with van der Waals surface area (Å²) in [7, 11) is 0. The average molecular weight is 256 g/mol. The Morgan fingerprint density at radius 3 is 2.68 bits per heavy atom. The first-order chi connectivity index (χ1) is 9.22. The van der Waals surface area contributed by atoms with Crippen LogP contribution in [0.3, 0.4) is 0 Å². The van der Waals surface area contributed by atoms with E-state index in [0.29, 0.717) is 6.54 Å². The molecule has 1 aromatic rings. The Hall–Kier alpha value is -1.79. The molecule has 0 aliphatic carbocycles. The van der Waals surface area contributed by atoms with Crippen molar-refractivity contribution in [2.24, 2.45) is 5.73 Å². The van der Waals surface area contributed by atoms with E-state index in [-0.39, 0.29) is 5.91 Å². The van der Waals surface area contributed by atoms with E-state index in [1.54, 1.807) is 0 Å². The molecule has 0 aromatic heterocycles. The summed E-state index contributed by atoms with van der Waals surface area (Å²) in [5.41, 5.74) is 8.11. The van der Waals surface area contributed by atoms with Gasteiger partial charge in [-0.2, -0.15) is 0 Å². The molecule has 1 fully saturated rings. The van der Waals surface area contributed by atoms with Gasteiger partial charge in [-0.1, -0.05) is 11.8 Å². The van der Waals surface area contributed by atoms with Crippen molar-refractivity contribution in [3.8, 4) is 11.8 Å². The molecule has 1 aromatic carbocycles. The second kappa shape index (κ2) is 6.40. The second-order valence-corrected chi connectivity index (χ2v) is 4.89. The molecule has 0 saturated carbocycles. The highest BCUT2D eigenvalue weighted by Gasteiger charge is 2.18. The summed E-state index contributed by atoms with van der Waals surface area (Å²) >= 11 is 0. The zero-order valence-electron chi connectivity index (χ0n) is 11.4. The second-order valence-electron chi connectivity index (χ2n) is 4.89. The fourth-order valence-corrected chi connectivity index (χ4v) is 2.36. The number of nitrogens with two attached hydrogens (primary N) is 1. The average Bonchev–Trinajstić information content (AvgIpc) is 2.46. The van der Waals surface area contributed by atoms with Gasteiger partial charge in [-0.15, -0.1) is 0 Å². The van der Waals surface area contributed by atoms with Crippen molar-refractivity contribution in [2.75, 3.05) is 19.6 Å². The Morgan fingerprint density at radius 1 is 1.32 bits per heavy atom. The molecule has 0 atom stereocenters. The zero-order valence-corrected chi connectivity index (χ0v) is 11.4. The van der Waals surface area contributed by atoms with Gasteiger partial charge < -0.3 is 10.6 Å². The highest BCUT2D eigenvalue weighted by molar-refractivity contribution is 5.94. The minimum atomic E-state index is 0.140. The number of carbonyl (C=O) groups is 1. The van der Waals surface area contributed by atoms with Crippen molar-refractivity contribution in [1.82, 2.24) is 4.90 Å². The molecular weight excluding hydrogens is 236 g/mol. The highest BCUT2D eigenvalue weighted by atomic mass is 16.2. The lowest BCUT2D eigenvalue weighted by Crippen LogP contribution is -2.35. The predicted molar refractivity (Wildman–Crippen MR) is 76.9 cm³/mol. The first-order valence-electron chi connectivity index (χ1n) is 6.81. The summed E-state index contributed by atoms with van der Waals surface area (Å²) in [6.45, 7) is 4.10. The van der Waals surface area contributed by atoms with Crippen LogP contribution in [0.2, 0.25) is 0 Å². The summed E-state index contributed by atoms with van der Waals surface area (Å²) in [6, 6.07) is 5.71. The van der Waals surface area contributed by atoms with Gasteiger partial charge in [0.05, 0.1) is 6.54 Å². The van der Waals surface area contributed by atoms with Crippen LogP contribution in [-0.4, -0.2) is 30.4 Å². The molecule has 0 spiro atoms. The molecule has 3 nitrogen and oxygen atoms in total. The molecule has 1 saturated heterocycles. The molecular formula is C16H20N2O. The van der Waals surface area contributed by atoms with E-state index in [1.165, 1.54) is 6.42 Å². The number of rotatable bonds is 1. The number of carbonyl (C=O) groups excluding carboxylic acids is 1. The minimum absolute atomic E-state index is 0.140. The van der Waals surface area contributed by atoms with Crippen molar-refractivity contribution in [3.63, 3.8) is 0 Å². The van der Waals surface area contributed by atoms with Crippen LogP contribution in [-0.2, 0) is 0 Å². The van der Waals surface area contributed by atoms with E-state index in [1.807, 2.05) is 30.0 Å². The molecule has 1 amide bonds. The Morgan fingerprint density at radius 2 is 2.05 bits per heavy atom.